The van der Waals surface area contributed by atoms with Crippen LogP contribution in [0.4, 0.5) is 0 Å². The van der Waals surface area contributed by atoms with Crippen molar-refractivity contribution >= 4 is 17.9 Å². The molecule has 0 rings (SSSR count). The van der Waals surface area contributed by atoms with Crippen LogP contribution in [0.3, 0.4) is 0 Å². The summed E-state index contributed by atoms with van der Waals surface area (Å²) in [5.74, 6) is -1.72. The van der Waals surface area contributed by atoms with E-state index >= 15 is 0 Å². The van der Waals surface area contributed by atoms with E-state index in [1.807, 2.05) is 0 Å². The molecule has 0 aromatic heterocycles. The maximum Gasteiger partial charge on any atom is 0.331 e. The maximum absolute atomic E-state index is 11.0. The van der Waals surface area contributed by atoms with E-state index in [-0.39, 0.29) is 13.2 Å². The van der Waals surface area contributed by atoms with Crippen LogP contribution in [0.2, 0.25) is 0 Å². The third kappa shape index (κ3) is 9.14. The Bertz CT molecular complexity index is 331. The van der Waals surface area contributed by atoms with Gasteiger partial charge in [0.1, 0.15) is 0 Å². The lowest BCUT2D eigenvalue weighted by molar-refractivity contribution is -0.140. The largest absolute Gasteiger partial charge is 0.466 e. The number of carbonyl (C=O) groups excluding carboxylic acids is 3. The van der Waals surface area contributed by atoms with Crippen molar-refractivity contribution < 1.29 is 28.6 Å². The van der Waals surface area contributed by atoms with E-state index < -0.39 is 17.9 Å². The first-order valence-corrected chi connectivity index (χ1v) is 5.32. The van der Waals surface area contributed by atoms with Gasteiger partial charge in [-0.1, -0.05) is 6.58 Å². The number of methoxy groups -OCH3 is 1. The Hall–Kier alpha value is -2.11. The zero-order chi connectivity index (χ0) is 13.8. The van der Waals surface area contributed by atoms with Crippen LogP contribution in [0, 0.1) is 0 Å². The van der Waals surface area contributed by atoms with Crippen molar-refractivity contribution in [2.75, 3.05) is 20.3 Å². The predicted octanol–water partition coefficient (Wildman–Crippen LogP) is 0.768. The van der Waals surface area contributed by atoms with Gasteiger partial charge in [-0.15, -0.1) is 0 Å². The standard InChI is InChI=1S/C12H16O6/c1-3-10(13)17-8-4-5-9-18-12(15)7-6-11(14)16-2/h3,6-7H,1,4-5,8-9H2,2H3/b7-6-. The van der Waals surface area contributed by atoms with Crippen molar-refractivity contribution in [1.82, 2.24) is 0 Å². The summed E-state index contributed by atoms with van der Waals surface area (Å²) in [6.45, 7) is 3.69. The number of unbranched alkanes of at least 4 members (excludes halogenated alkanes) is 1. The molecular weight excluding hydrogens is 240 g/mol. The molecular formula is C12H16O6. The van der Waals surface area contributed by atoms with Crippen molar-refractivity contribution in [1.29, 1.82) is 0 Å². The first-order chi connectivity index (χ1) is 8.60. The second-order valence-corrected chi connectivity index (χ2v) is 3.10. The lowest BCUT2D eigenvalue weighted by Crippen LogP contribution is -2.06. The summed E-state index contributed by atoms with van der Waals surface area (Å²) in [6, 6.07) is 0. The first kappa shape index (κ1) is 15.9. The molecule has 0 N–H and O–H groups in total. The molecule has 18 heavy (non-hydrogen) atoms. The van der Waals surface area contributed by atoms with Crippen LogP contribution in [0.5, 0.6) is 0 Å². The van der Waals surface area contributed by atoms with Gasteiger partial charge < -0.3 is 14.2 Å². The molecule has 100 valence electrons. The van der Waals surface area contributed by atoms with Gasteiger partial charge in [0, 0.05) is 18.2 Å². The fourth-order valence-electron chi connectivity index (χ4n) is 0.861. The van der Waals surface area contributed by atoms with Crippen LogP contribution in [0.25, 0.3) is 0 Å². The normalized spacial score (nSPS) is 9.83. The molecule has 0 aromatic rings. The van der Waals surface area contributed by atoms with E-state index in [0.29, 0.717) is 12.8 Å². The molecule has 0 aliphatic rings. The van der Waals surface area contributed by atoms with Gasteiger partial charge in [0.05, 0.1) is 20.3 Å². The number of carbonyl (C=O) groups is 3. The van der Waals surface area contributed by atoms with Gasteiger partial charge in [-0.3, -0.25) is 0 Å². The van der Waals surface area contributed by atoms with Crippen LogP contribution in [-0.2, 0) is 28.6 Å². The minimum absolute atomic E-state index is 0.190. The Balaban J connectivity index is 3.52. The average Bonchev–Trinajstić information content (AvgIpc) is 2.39. The average molecular weight is 256 g/mol. The third-order valence-corrected chi connectivity index (χ3v) is 1.75. The van der Waals surface area contributed by atoms with E-state index in [1.54, 1.807) is 0 Å². The van der Waals surface area contributed by atoms with Crippen molar-refractivity contribution in [3.63, 3.8) is 0 Å². The summed E-state index contributed by atoms with van der Waals surface area (Å²) < 4.78 is 13.8. The van der Waals surface area contributed by atoms with Gasteiger partial charge in [-0.25, -0.2) is 14.4 Å². The molecule has 6 heteroatoms. The van der Waals surface area contributed by atoms with Gasteiger partial charge in [-0.2, -0.15) is 0 Å². The van der Waals surface area contributed by atoms with Gasteiger partial charge in [-0.05, 0) is 12.8 Å². The molecule has 0 amide bonds. The third-order valence-electron chi connectivity index (χ3n) is 1.75. The minimum Gasteiger partial charge on any atom is -0.466 e. The molecule has 0 aromatic carbocycles. The van der Waals surface area contributed by atoms with Crippen molar-refractivity contribution in [2.45, 2.75) is 12.8 Å². The Kier molecular flexibility index (Phi) is 8.89. The first-order valence-electron chi connectivity index (χ1n) is 5.32. The van der Waals surface area contributed by atoms with Gasteiger partial charge in [0.2, 0.25) is 0 Å². The zero-order valence-corrected chi connectivity index (χ0v) is 10.2. The Morgan fingerprint density at radius 1 is 0.944 bits per heavy atom. The second-order valence-electron chi connectivity index (χ2n) is 3.10. The van der Waals surface area contributed by atoms with Crippen LogP contribution in [0.1, 0.15) is 12.8 Å². The van der Waals surface area contributed by atoms with E-state index in [4.69, 9.17) is 9.47 Å². The van der Waals surface area contributed by atoms with E-state index in [1.165, 1.54) is 7.11 Å². The van der Waals surface area contributed by atoms with E-state index in [2.05, 4.69) is 11.3 Å². The van der Waals surface area contributed by atoms with Crippen molar-refractivity contribution in [3.8, 4) is 0 Å². The Labute approximate surface area is 105 Å². The quantitative estimate of drug-likeness (QED) is 0.276. The van der Waals surface area contributed by atoms with E-state index in [9.17, 15) is 14.4 Å². The second kappa shape index (κ2) is 10.1. The maximum atomic E-state index is 11.0. The molecule has 0 aliphatic heterocycles. The fourth-order valence-corrected chi connectivity index (χ4v) is 0.861. The highest BCUT2D eigenvalue weighted by molar-refractivity contribution is 5.91. The van der Waals surface area contributed by atoms with Gasteiger partial charge in [0.25, 0.3) is 0 Å². The molecule has 0 unspecified atom stereocenters. The summed E-state index contributed by atoms with van der Waals surface area (Å²) in [5, 5.41) is 0. The van der Waals surface area contributed by atoms with Crippen LogP contribution >= 0.6 is 0 Å². The topological polar surface area (TPSA) is 78.9 Å². The monoisotopic (exact) mass is 256 g/mol. The Morgan fingerprint density at radius 3 is 1.94 bits per heavy atom. The molecule has 0 spiro atoms. The molecule has 0 atom stereocenters. The molecule has 0 bridgehead atoms. The van der Waals surface area contributed by atoms with Crippen molar-refractivity contribution in [3.05, 3.63) is 24.8 Å². The smallest absolute Gasteiger partial charge is 0.331 e. The highest BCUT2D eigenvalue weighted by Gasteiger charge is 2.00. The Morgan fingerprint density at radius 2 is 1.44 bits per heavy atom. The molecule has 6 nitrogen and oxygen atoms in total. The number of esters is 3. The summed E-state index contributed by atoms with van der Waals surface area (Å²) >= 11 is 0. The lowest BCUT2D eigenvalue weighted by Gasteiger charge is -2.02. The van der Waals surface area contributed by atoms with Crippen LogP contribution < -0.4 is 0 Å². The summed E-state index contributed by atoms with van der Waals surface area (Å²) in [5.41, 5.74) is 0. The molecule has 0 saturated carbocycles. The number of hydrogen-bond donors (Lipinski definition) is 0. The van der Waals surface area contributed by atoms with E-state index in [0.717, 1.165) is 18.2 Å². The number of ether oxygens (including phenoxy) is 3. The number of rotatable bonds is 8. The van der Waals surface area contributed by atoms with Gasteiger partial charge in [0.15, 0.2) is 0 Å². The fraction of sp³-hybridized carbons (Fsp3) is 0.417. The highest BCUT2D eigenvalue weighted by atomic mass is 16.5. The molecule has 0 saturated heterocycles. The molecule has 0 aliphatic carbocycles. The summed E-state index contributed by atoms with van der Waals surface area (Å²) in [4.78, 5) is 32.3. The summed E-state index contributed by atoms with van der Waals surface area (Å²) in [7, 11) is 1.21. The molecule has 0 radical (unpaired) electrons. The lowest BCUT2D eigenvalue weighted by atomic mass is 10.3. The molecule has 0 fully saturated rings. The van der Waals surface area contributed by atoms with Gasteiger partial charge >= 0.3 is 17.9 Å². The SMILES string of the molecule is C=CC(=O)OCCCCOC(=O)/C=C\C(=O)OC. The predicted molar refractivity (Wildman–Crippen MR) is 62.5 cm³/mol. The number of hydrogen-bond acceptors (Lipinski definition) is 6. The van der Waals surface area contributed by atoms with Crippen molar-refractivity contribution in [2.24, 2.45) is 0 Å². The molecule has 0 heterocycles. The summed E-state index contributed by atoms with van der Waals surface area (Å²) in [6.07, 6.45) is 4.19. The zero-order valence-electron chi connectivity index (χ0n) is 10.2. The van der Waals surface area contributed by atoms with Crippen LogP contribution in [-0.4, -0.2) is 38.2 Å². The highest BCUT2D eigenvalue weighted by Crippen LogP contribution is 1.93. The minimum atomic E-state index is -0.622. The van der Waals surface area contributed by atoms with Crippen LogP contribution in [0.15, 0.2) is 24.8 Å².